The Morgan fingerprint density at radius 1 is 1.10 bits per heavy atom. The molecule has 58 valence electrons. The maximum atomic E-state index is 9.48. The fourth-order valence-electron chi connectivity index (χ4n) is 0.583. The number of rotatable bonds is 3. The Kier molecular flexibility index (Phi) is 2.41. The number of aliphatic hydroxyl groups is 2. The third kappa shape index (κ3) is 1.46. The molecule has 0 bridgehead atoms. The third-order valence-corrected chi connectivity index (χ3v) is 1.60. The van der Waals surface area contributed by atoms with E-state index in [4.69, 9.17) is 0 Å². The molecule has 2 heteroatoms. The van der Waals surface area contributed by atoms with Crippen LogP contribution < -0.4 is 0 Å². The first-order valence-electron chi connectivity index (χ1n) is 3.09. The second-order valence-corrected chi connectivity index (χ2v) is 2.79. The zero-order chi connectivity index (χ0) is 8.41. The largest absolute Gasteiger partial charge is 0.387 e. The molecule has 0 atom stereocenters. The summed E-state index contributed by atoms with van der Waals surface area (Å²) < 4.78 is 0. The van der Waals surface area contributed by atoms with Gasteiger partial charge in [0.05, 0.1) is 5.60 Å². The number of hydrogen-bond donors (Lipinski definition) is 2. The first-order valence-corrected chi connectivity index (χ1v) is 3.09. The van der Waals surface area contributed by atoms with Gasteiger partial charge in [-0.2, -0.15) is 0 Å². The summed E-state index contributed by atoms with van der Waals surface area (Å²) in [6.07, 6.45) is 2.53. The summed E-state index contributed by atoms with van der Waals surface area (Å²) in [6, 6.07) is 0. The van der Waals surface area contributed by atoms with Gasteiger partial charge in [-0.25, -0.2) is 0 Å². The fraction of sp³-hybridized carbons (Fsp3) is 0.500. The zero-order valence-corrected chi connectivity index (χ0v) is 6.46. The third-order valence-electron chi connectivity index (χ3n) is 1.60. The van der Waals surface area contributed by atoms with E-state index in [9.17, 15) is 10.2 Å². The van der Waals surface area contributed by atoms with E-state index in [1.54, 1.807) is 0 Å². The van der Waals surface area contributed by atoms with Crippen LogP contribution in [0, 0.1) is 0 Å². The van der Waals surface area contributed by atoms with Gasteiger partial charge in [0.1, 0.15) is 5.60 Å². The van der Waals surface area contributed by atoms with Gasteiger partial charge in [0, 0.05) is 0 Å². The lowest BCUT2D eigenvalue weighted by Gasteiger charge is -2.33. The second-order valence-electron chi connectivity index (χ2n) is 2.79. The Morgan fingerprint density at radius 3 is 1.40 bits per heavy atom. The molecule has 0 radical (unpaired) electrons. The van der Waals surface area contributed by atoms with E-state index in [2.05, 4.69) is 13.2 Å². The van der Waals surface area contributed by atoms with Gasteiger partial charge in [0.15, 0.2) is 0 Å². The Hall–Kier alpha value is -0.600. The van der Waals surface area contributed by atoms with Crippen molar-refractivity contribution in [1.29, 1.82) is 0 Å². The predicted molar refractivity (Wildman–Crippen MR) is 41.6 cm³/mol. The van der Waals surface area contributed by atoms with Crippen LogP contribution >= 0.6 is 0 Å². The van der Waals surface area contributed by atoms with Crippen LogP contribution in [0.5, 0.6) is 0 Å². The molecule has 0 aliphatic rings. The van der Waals surface area contributed by atoms with Crippen molar-refractivity contribution in [2.24, 2.45) is 0 Å². The summed E-state index contributed by atoms with van der Waals surface area (Å²) in [7, 11) is 0. The van der Waals surface area contributed by atoms with E-state index >= 15 is 0 Å². The van der Waals surface area contributed by atoms with Crippen LogP contribution in [0.1, 0.15) is 13.8 Å². The minimum absolute atomic E-state index is 1.23. The smallest absolute Gasteiger partial charge is 0.128 e. The molecule has 10 heavy (non-hydrogen) atoms. The van der Waals surface area contributed by atoms with Gasteiger partial charge >= 0.3 is 0 Å². The Bertz CT molecular complexity index is 134. The lowest BCUT2D eigenvalue weighted by molar-refractivity contribution is -0.0698. The summed E-state index contributed by atoms with van der Waals surface area (Å²) >= 11 is 0. The van der Waals surface area contributed by atoms with E-state index < -0.39 is 11.2 Å². The van der Waals surface area contributed by atoms with Crippen molar-refractivity contribution >= 4 is 0 Å². The molecule has 0 saturated heterocycles. The molecular weight excluding hydrogens is 128 g/mol. The monoisotopic (exact) mass is 142 g/mol. The molecule has 2 N–H and O–H groups in total. The fourth-order valence-corrected chi connectivity index (χ4v) is 0.583. The minimum Gasteiger partial charge on any atom is -0.387 e. The van der Waals surface area contributed by atoms with Gasteiger partial charge < -0.3 is 10.2 Å². The number of hydrogen-bond acceptors (Lipinski definition) is 2. The average molecular weight is 142 g/mol. The maximum Gasteiger partial charge on any atom is 0.128 e. The summed E-state index contributed by atoms with van der Waals surface area (Å²) in [5, 5.41) is 18.8. The predicted octanol–water partition coefficient (Wildman–Crippen LogP) is 0.860. The molecule has 0 aromatic carbocycles. The molecule has 0 aromatic rings. The first-order chi connectivity index (χ1) is 4.37. The molecule has 0 saturated carbocycles. The Labute approximate surface area is 61.5 Å². The van der Waals surface area contributed by atoms with Crippen LogP contribution in [-0.4, -0.2) is 21.4 Å². The molecule has 2 nitrogen and oxygen atoms in total. The van der Waals surface area contributed by atoms with E-state index in [1.807, 2.05) is 0 Å². The molecule has 0 unspecified atom stereocenters. The molecule has 0 fully saturated rings. The van der Waals surface area contributed by atoms with Crippen LogP contribution in [0.2, 0.25) is 0 Å². The van der Waals surface area contributed by atoms with Crippen molar-refractivity contribution in [1.82, 2.24) is 0 Å². The molecule has 0 spiro atoms. The normalized spacial score (nSPS) is 12.8. The van der Waals surface area contributed by atoms with Crippen molar-refractivity contribution in [2.75, 3.05) is 0 Å². The van der Waals surface area contributed by atoms with Gasteiger partial charge in [0.25, 0.3) is 0 Å². The minimum atomic E-state index is -1.40. The molecule has 0 aromatic heterocycles. The lowest BCUT2D eigenvalue weighted by Crippen LogP contribution is -2.46. The van der Waals surface area contributed by atoms with Crippen LogP contribution in [0.4, 0.5) is 0 Å². The van der Waals surface area contributed by atoms with E-state index in [1.165, 1.54) is 26.0 Å². The summed E-state index contributed by atoms with van der Waals surface area (Å²) in [5.74, 6) is 0. The highest BCUT2D eigenvalue weighted by Gasteiger charge is 2.36. The highest BCUT2D eigenvalue weighted by atomic mass is 16.3. The van der Waals surface area contributed by atoms with Gasteiger partial charge in [-0.05, 0) is 13.8 Å². The van der Waals surface area contributed by atoms with Gasteiger partial charge in [-0.3, -0.25) is 0 Å². The topological polar surface area (TPSA) is 40.5 Å². The quantitative estimate of drug-likeness (QED) is 0.574. The molecule has 0 heterocycles. The standard InChI is InChI=1S/C8H14O2/c1-5-8(10,6-2)7(3,4)9/h5-6,9-10H,1-2H2,3-4H3. The Balaban J connectivity index is 4.65. The Morgan fingerprint density at radius 2 is 1.40 bits per heavy atom. The second kappa shape index (κ2) is 2.56. The van der Waals surface area contributed by atoms with Gasteiger partial charge in [0.2, 0.25) is 0 Å². The average Bonchev–Trinajstić information content (AvgIpc) is 1.84. The highest BCUT2D eigenvalue weighted by Crippen LogP contribution is 2.23. The van der Waals surface area contributed by atoms with Crippen molar-refractivity contribution in [3.63, 3.8) is 0 Å². The summed E-state index contributed by atoms with van der Waals surface area (Å²) in [5.41, 5.74) is -2.62. The molecular formula is C8H14O2. The van der Waals surface area contributed by atoms with Crippen molar-refractivity contribution < 1.29 is 10.2 Å². The molecule has 0 amide bonds. The van der Waals surface area contributed by atoms with Crippen LogP contribution in [0.15, 0.2) is 25.3 Å². The van der Waals surface area contributed by atoms with E-state index in [0.717, 1.165) is 0 Å². The summed E-state index contributed by atoms with van der Waals surface area (Å²) in [4.78, 5) is 0. The van der Waals surface area contributed by atoms with Crippen LogP contribution in [0.3, 0.4) is 0 Å². The zero-order valence-electron chi connectivity index (χ0n) is 6.46. The van der Waals surface area contributed by atoms with Gasteiger partial charge in [-0.15, -0.1) is 0 Å². The van der Waals surface area contributed by atoms with Gasteiger partial charge in [-0.1, -0.05) is 25.3 Å². The highest BCUT2D eigenvalue weighted by molar-refractivity contribution is 5.16. The van der Waals surface area contributed by atoms with Crippen LogP contribution in [0.25, 0.3) is 0 Å². The van der Waals surface area contributed by atoms with Crippen molar-refractivity contribution in [3.8, 4) is 0 Å². The first kappa shape index (κ1) is 9.40. The van der Waals surface area contributed by atoms with E-state index in [-0.39, 0.29) is 0 Å². The molecule has 0 rings (SSSR count). The maximum absolute atomic E-state index is 9.48. The van der Waals surface area contributed by atoms with E-state index in [0.29, 0.717) is 0 Å². The SMILES string of the molecule is C=CC(O)(C=C)C(C)(C)O. The van der Waals surface area contributed by atoms with Crippen molar-refractivity contribution in [3.05, 3.63) is 25.3 Å². The molecule has 0 aliphatic carbocycles. The van der Waals surface area contributed by atoms with Crippen LogP contribution in [-0.2, 0) is 0 Å². The molecule has 0 aliphatic heterocycles. The van der Waals surface area contributed by atoms with Crippen molar-refractivity contribution in [2.45, 2.75) is 25.0 Å². The summed E-state index contributed by atoms with van der Waals surface area (Å²) in [6.45, 7) is 9.77. The lowest BCUT2D eigenvalue weighted by atomic mass is 9.86.